The maximum absolute atomic E-state index is 13.8. The molecular formula is C30H29F4N7O2. The summed E-state index contributed by atoms with van der Waals surface area (Å²) in [6, 6.07) is 15.3. The highest BCUT2D eigenvalue weighted by Crippen LogP contribution is 2.34. The van der Waals surface area contributed by atoms with Gasteiger partial charge in [0.25, 0.3) is 11.9 Å². The summed E-state index contributed by atoms with van der Waals surface area (Å²) >= 11 is 0. The minimum Gasteiger partial charge on any atom is -0.334 e. The molecule has 1 aliphatic carbocycles. The number of urea groups is 1. The van der Waals surface area contributed by atoms with Gasteiger partial charge in [-0.3, -0.25) is 10.1 Å². The molecule has 0 saturated heterocycles. The number of hydrogen-bond donors (Lipinski definition) is 4. The fourth-order valence-corrected chi connectivity index (χ4v) is 5.25. The number of carbonyl (C=O) groups excluding carboxylic acids is 2. The van der Waals surface area contributed by atoms with E-state index in [0.717, 1.165) is 30.5 Å². The van der Waals surface area contributed by atoms with Crippen LogP contribution in [0.5, 0.6) is 0 Å². The third kappa shape index (κ3) is 7.73. The van der Waals surface area contributed by atoms with Gasteiger partial charge in [0.05, 0.1) is 11.6 Å². The molecule has 5 rings (SSSR count). The number of amides is 3. The molecule has 43 heavy (non-hydrogen) atoms. The molecule has 0 radical (unpaired) electrons. The van der Waals surface area contributed by atoms with E-state index in [1.807, 2.05) is 12.1 Å². The van der Waals surface area contributed by atoms with Crippen molar-refractivity contribution >= 4 is 17.9 Å². The van der Waals surface area contributed by atoms with Gasteiger partial charge in [-0.15, -0.1) is 5.10 Å². The standard InChI is InChI=1S/C30H29F4N7O2/c31-25-15-18(14-24(16-25)30(32,33)34)17-35-29(43)36-26(21-8-6-20(7-9-21)19-4-2-1-3-5-19)22-10-12-23(13-11-22)27(42)37-28-38-40-41-39-28/h6-16,19,26H,1-5,17H2,(H2,35,36,43)(H2,37,38,39,40,41,42). The summed E-state index contributed by atoms with van der Waals surface area (Å²) in [4.78, 5) is 25.5. The number of nitrogens with zero attached hydrogens (tertiary/aromatic N) is 3. The van der Waals surface area contributed by atoms with Crippen LogP contribution in [0.3, 0.4) is 0 Å². The van der Waals surface area contributed by atoms with Crippen LogP contribution in [0.4, 0.5) is 28.3 Å². The van der Waals surface area contributed by atoms with Crippen LogP contribution >= 0.6 is 0 Å². The smallest absolute Gasteiger partial charge is 0.334 e. The number of carbonyl (C=O) groups is 2. The zero-order chi connectivity index (χ0) is 30.4. The summed E-state index contributed by atoms with van der Waals surface area (Å²) in [5, 5.41) is 20.9. The average molecular weight is 596 g/mol. The topological polar surface area (TPSA) is 125 Å². The Labute approximate surface area is 244 Å². The second-order valence-electron chi connectivity index (χ2n) is 10.4. The SMILES string of the molecule is O=C(NCc1cc(F)cc(C(F)(F)F)c1)NC(c1ccc(C(=O)Nc2nn[nH]n2)cc1)c1ccc(C2CCCCC2)cc1. The Morgan fingerprint density at radius 2 is 1.60 bits per heavy atom. The van der Waals surface area contributed by atoms with Crippen molar-refractivity contribution in [1.29, 1.82) is 0 Å². The van der Waals surface area contributed by atoms with Crippen LogP contribution in [-0.4, -0.2) is 32.6 Å². The van der Waals surface area contributed by atoms with Crippen LogP contribution in [0.2, 0.25) is 0 Å². The number of aromatic amines is 1. The summed E-state index contributed by atoms with van der Waals surface area (Å²) < 4.78 is 53.2. The van der Waals surface area contributed by atoms with E-state index in [1.54, 1.807) is 24.3 Å². The molecule has 3 aromatic carbocycles. The molecule has 4 N–H and O–H groups in total. The number of nitrogens with one attached hydrogen (secondary N) is 4. The molecule has 1 heterocycles. The number of rotatable bonds is 8. The van der Waals surface area contributed by atoms with E-state index in [4.69, 9.17) is 0 Å². The first kappa shape index (κ1) is 29.7. The van der Waals surface area contributed by atoms with Gasteiger partial charge in [0.1, 0.15) is 5.82 Å². The molecular weight excluding hydrogens is 566 g/mol. The minimum atomic E-state index is -4.72. The lowest BCUT2D eigenvalue weighted by molar-refractivity contribution is -0.137. The fourth-order valence-electron chi connectivity index (χ4n) is 5.25. The third-order valence-electron chi connectivity index (χ3n) is 7.44. The van der Waals surface area contributed by atoms with E-state index in [2.05, 4.69) is 48.7 Å². The van der Waals surface area contributed by atoms with E-state index in [0.29, 0.717) is 23.1 Å². The normalized spacial score (nSPS) is 14.6. The van der Waals surface area contributed by atoms with Crippen molar-refractivity contribution in [2.24, 2.45) is 0 Å². The highest BCUT2D eigenvalue weighted by molar-refractivity contribution is 6.03. The highest BCUT2D eigenvalue weighted by Gasteiger charge is 2.31. The lowest BCUT2D eigenvalue weighted by Crippen LogP contribution is -2.38. The van der Waals surface area contributed by atoms with Crippen molar-refractivity contribution in [2.75, 3.05) is 5.32 Å². The van der Waals surface area contributed by atoms with Crippen molar-refractivity contribution in [3.8, 4) is 0 Å². The van der Waals surface area contributed by atoms with Gasteiger partial charge in [0.15, 0.2) is 0 Å². The Kier molecular flexibility index (Phi) is 8.98. The van der Waals surface area contributed by atoms with Gasteiger partial charge < -0.3 is 10.6 Å². The molecule has 13 heteroatoms. The molecule has 3 amide bonds. The van der Waals surface area contributed by atoms with Crippen LogP contribution in [0.25, 0.3) is 0 Å². The van der Waals surface area contributed by atoms with E-state index >= 15 is 0 Å². The summed E-state index contributed by atoms with van der Waals surface area (Å²) in [6.45, 7) is -0.324. The second kappa shape index (κ2) is 13.0. The number of H-pyrrole nitrogens is 1. The van der Waals surface area contributed by atoms with Gasteiger partial charge in [0, 0.05) is 12.1 Å². The molecule has 1 atom stereocenters. The molecule has 1 aromatic heterocycles. The molecule has 1 unspecified atom stereocenters. The maximum Gasteiger partial charge on any atom is 0.416 e. The molecule has 0 spiro atoms. The molecule has 4 aromatic rings. The molecule has 1 saturated carbocycles. The molecule has 9 nitrogen and oxygen atoms in total. The van der Waals surface area contributed by atoms with Crippen molar-refractivity contribution in [3.63, 3.8) is 0 Å². The predicted octanol–water partition coefficient (Wildman–Crippen LogP) is 6.25. The van der Waals surface area contributed by atoms with E-state index in [-0.39, 0.29) is 18.1 Å². The van der Waals surface area contributed by atoms with Crippen molar-refractivity contribution < 1.29 is 27.2 Å². The van der Waals surface area contributed by atoms with Gasteiger partial charge in [-0.1, -0.05) is 60.8 Å². The predicted molar refractivity (Wildman–Crippen MR) is 149 cm³/mol. The van der Waals surface area contributed by atoms with Gasteiger partial charge in [-0.05, 0) is 76.6 Å². The van der Waals surface area contributed by atoms with Crippen molar-refractivity contribution in [1.82, 2.24) is 31.3 Å². The molecule has 1 aliphatic rings. The van der Waals surface area contributed by atoms with E-state index in [9.17, 15) is 27.2 Å². The third-order valence-corrected chi connectivity index (χ3v) is 7.44. The zero-order valence-corrected chi connectivity index (χ0v) is 22.9. The average Bonchev–Trinajstić information content (AvgIpc) is 3.52. The van der Waals surface area contributed by atoms with Crippen LogP contribution in [-0.2, 0) is 12.7 Å². The largest absolute Gasteiger partial charge is 0.416 e. The quantitative estimate of drug-likeness (QED) is 0.179. The molecule has 1 fully saturated rings. The Hall–Kier alpha value is -4.81. The number of halogens is 4. The first-order valence-corrected chi connectivity index (χ1v) is 13.8. The van der Waals surface area contributed by atoms with E-state index in [1.165, 1.54) is 24.8 Å². The minimum absolute atomic E-state index is 0.0176. The number of benzene rings is 3. The van der Waals surface area contributed by atoms with Crippen LogP contribution in [0, 0.1) is 5.82 Å². The van der Waals surface area contributed by atoms with Gasteiger partial charge >= 0.3 is 12.2 Å². The van der Waals surface area contributed by atoms with E-state index < -0.39 is 35.5 Å². The first-order chi connectivity index (χ1) is 20.7. The maximum atomic E-state index is 13.8. The molecule has 0 bridgehead atoms. The Morgan fingerprint density at radius 1 is 0.930 bits per heavy atom. The number of hydrogen-bond acceptors (Lipinski definition) is 5. The first-order valence-electron chi connectivity index (χ1n) is 13.8. The summed E-state index contributed by atoms with van der Waals surface area (Å²) in [7, 11) is 0. The number of alkyl halides is 3. The number of anilines is 1. The Balaban J connectivity index is 1.34. The Morgan fingerprint density at radius 3 is 2.23 bits per heavy atom. The summed E-state index contributed by atoms with van der Waals surface area (Å²) in [6.07, 6.45) is 1.17. The summed E-state index contributed by atoms with van der Waals surface area (Å²) in [5.74, 6) is -1.00. The molecule has 0 aliphatic heterocycles. The fraction of sp³-hybridized carbons (Fsp3) is 0.300. The lowest BCUT2D eigenvalue weighted by Gasteiger charge is -2.24. The van der Waals surface area contributed by atoms with Gasteiger partial charge in [-0.25, -0.2) is 9.18 Å². The van der Waals surface area contributed by atoms with Gasteiger partial charge in [-0.2, -0.15) is 18.4 Å². The lowest BCUT2D eigenvalue weighted by atomic mass is 9.83. The van der Waals surface area contributed by atoms with Crippen molar-refractivity contribution in [3.05, 3.63) is 106 Å². The van der Waals surface area contributed by atoms with Crippen molar-refractivity contribution in [2.45, 2.75) is 56.8 Å². The van der Waals surface area contributed by atoms with Crippen LogP contribution in [0.15, 0.2) is 66.7 Å². The Bertz CT molecular complexity index is 1540. The summed E-state index contributed by atoms with van der Waals surface area (Å²) in [5.41, 5.74) is 1.80. The zero-order valence-electron chi connectivity index (χ0n) is 22.9. The second-order valence-corrected chi connectivity index (χ2v) is 10.4. The number of aromatic nitrogens is 4. The van der Waals surface area contributed by atoms with Crippen LogP contribution < -0.4 is 16.0 Å². The monoisotopic (exact) mass is 595 g/mol. The highest BCUT2D eigenvalue weighted by atomic mass is 19.4. The molecule has 224 valence electrons. The van der Waals surface area contributed by atoms with Crippen LogP contribution in [0.1, 0.15) is 82.2 Å². The van der Waals surface area contributed by atoms with Gasteiger partial charge in [0.2, 0.25) is 0 Å². The number of tetrazole rings is 1.